The summed E-state index contributed by atoms with van der Waals surface area (Å²) in [6, 6.07) is 4.85. The Labute approximate surface area is 119 Å². The lowest BCUT2D eigenvalue weighted by Gasteiger charge is -2.11. The smallest absolute Gasteiger partial charge is 0.384 e. The molecule has 21 heavy (non-hydrogen) atoms. The van der Waals surface area contributed by atoms with Gasteiger partial charge in [-0.1, -0.05) is 5.21 Å². The van der Waals surface area contributed by atoms with E-state index in [0.29, 0.717) is 25.2 Å². The summed E-state index contributed by atoms with van der Waals surface area (Å²) in [7, 11) is 0. The average Bonchev–Trinajstić information content (AvgIpc) is 2.95. The van der Waals surface area contributed by atoms with Crippen LogP contribution in [0.1, 0.15) is 17.5 Å². The molecule has 1 aromatic heterocycles. The summed E-state index contributed by atoms with van der Waals surface area (Å²) >= 11 is 0. The van der Waals surface area contributed by atoms with E-state index < -0.39 is 11.7 Å². The first kappa shape index (κ1) is 14.8. The minimum Gasteiger partial charge on any atom is -0.384 e. The second-order valence-electron chi connectivity index (χ2n) is 4.32. The number of rotatable bonds is 5. The molecular weight excluding hydrogens is 283 g/mol. The Kier molecular flexibility index (Phi) is 4.42. The number of aromatic nitrogens is 3. The van der Waals surface area contributed by atoms with Gasteiger partial charge in [0.25, 0.3) is 0 Å². The Morgan fingerprint density at radius 3 is 2.76 bits per heavy atom. The second kappa shape index (κ2) is 6.26. The highest BCUT2D eigenvalue weighted by molar-refractivity contribution is 5.58. The molecule has 0 spiro atoms. The Hall–Kier alpha value is -2.56. The Morgan fingerprint density at radius 1 is 1.33 bits per heavy atom. The van der Waals surface area contributed by atoms with Crippen LogP contribution in [0.25, 0.3) is 0 Å². The van der Waals surface area contributed by atoms with E-state index >= 15 is 0 Å². The van der Waals surface area contributed by atoms with Crippen molar-refractivity contribution in [2.75, 3.05) is 11.9 Å². The molecule has 0 bridgehead atoms. The second-order valence-corrected chi connectivity index (χ2v) is 4.32. The van der Waals surface area contributed by atoms with E-state index in [1.54, 1.807) is 23.1 Å². The molecule has 0 saturated carbocycles. The SMILES string of the molecule is N#Cc1cc(C(F)(F)F)ccc1NCCCn1ccnn1. The molecule has 0 aliphatic carbocycles. The van der Waals surface area contributed by atoms with E-state index in [1.807, 2.05) is 0 Å². The molecule has 5 nitrogen and oxygen atoms in total. The third-order valence-electron chi connectivity index (χ3n) is 2.82. The van der Waals surface area contributed by atoms with E-state index in [1.165, 1.54) is 6.07 Å². The number of nitriles is 1. The van der Waals surface area contributed by atoms with Crippen LogP contribution in [0, 0.1) is 11.3 Å². The summed E-state index contributed by atoms with van der Waals surface area (Å²) in [6.45, 7) is 1.15. The van der Waals surface area contributed by atoms with Crippen molar-refractivity contribution < 1.29 is 13.2 Å². The maximum Gasteiger partial charge on any atom is 0.416 e. The van der Waals surface area contributed by atoms with Crippen molar-refractivity contribution in [3.63, 3.8) is 0 Å². The van der Waals surface area contributed by atoms with Gasteiger partial charge < -0.3 is 5.32 Å². The van der Waals surface area contributed by atoms with Crippen LogP contribution in [0.15, 0.2) is 30.6 Å². The van der Waals surface area contributed by atoms with Crippen LogP contribution < -0.4 is 5.32 Å². The van der Waals surface area contributed by atoms with E-state index in [2.05, 4.69) is 15.6 Å². The first-order chi connectivity index (χ1) is 10.0. The molecule has 0 saturated heterocycles. The normalized spacial score (nSPS) is 11.1. The molecule has 2 rings (SSSR count). The van der Waals surface area contributed by atoms with Crippen molar-refractivity contribution in [3.05, 3.63) is 41.7 Å². The van der Waals surface area contributed by atoms with Gasteiger partial charge >= 0.3 is 6.18 Å². The average molecular weight is 295 g/mol. The third-order valence-corrected chi connectivity index (χ3v) is 2.82. The molecule has 8 heteroatoms. The number of alkyl halides is 3. The van der Waals surface area contributed by atoms with Gasteiger partial charge in [0.1, 0.15) is 6.07 Å². The van der Waals surface area contributed by atoms with Gasteiger partial charge in [-0.15, -0.1) is 5.10 Å². The maximum atomic E-state index is 12.6. The van der Waals surface area contributed by atoms with Crippen molar-refractivity contribution in [2.24, 2.45) is 0 Å². The number of nitrogens with zero attached hydrogens (tertiary/aromatic N) is 4. The monoisotopic (exact) mass is 295 g/mol. The molecular formula is C13H12F3N5. The van der Waals surface area contributed by atoms with Crippen LogP contribution in [0.2, 0.25) is 0 Å². The van der Waals surface area contributed by atoms with E-state index in [9.17, 15) is 13.2 Å². The number of hydrogen-bond donors (Lipinski definition) is 1. The highest BCUT2D eigenvalue weighted by Gasteiger charge is 2.30. The molecule has 0 aliphatic rings. The zero-order valence-electron chi connectivity index (χ0n) is 10.9. The molecule has 0 amide bonds. The Morgan fingerprint density at radius 2 is 2.14 bits per heavy atom. The molecule has 0 atom stereocenters. The summed E-state index contributed by atoms with van der Waals surface area (Å²) in [5.41, 5.74) is -0.457. The zero-order chi connectivity index (χ0) is 15.3. The summed E-state index contributed by atoms with van der Waals surface area (Å²) < 4.78 is 39.3. The summed E-state index contributed by atoms with van der Waals surface area (Å²) in [6.07, 6.45) is -0.456. The van der Waals surface area contributed by atoms with Gasteiger partial charge in [0.2, 0.25) is 0 Å². The standard InChI is InChI=1S/C13H12F3N5/c14-13(15,16)11-2-3-12(10(8-11)9-17)18-4-1-6-21-7-5-19-20-21/h2-3,5,7-8,18H,1,4,6H2. The molecule has 1 heterocycles. The van der Waals surface area contributed by atoms with Gasteiger partial charge in [-0.2, -0.15) is 18.4 Å². The highest BCUT2D eigenvalue weighted by Crippen LogP contribution is 2.31. The third kappa shape index (κ3) is 3.95. The fourth-order valence-corrected chi connectivity index (χ4v) is 1.78. The predicted molar refractivity (Wildman–Crippen MR) is 69.3 cm³/mol. The molecule has 0 aliphatic heterocycles. The summed E-state index contributed by atoms with van der Waals surface area (Å²) in [4.78, 5) is 0. The molecule has 0 unspecified atom stereocenters. The molecule has 2 aromatic rings. The number of benzene rings is 1. The largest absolute Gasteiger partial charge is 0.416 e. The van der Waals surface area contributed by atoms with Gasteiger partial charge in [0.15, 0.2) is 0 Å². The van der Waals surface area contributed by atoms with Gasteiger partial charge in [-0.3, -0.25) is 4.68 Å². The first-order valence-electron chi connectivity index (χ1n) is 6.20. The fraction of sp³-hybridized carbons (Fsp3) is 0.308. The topological polar surface area (TPSA) is 66.5 Å². The van der Waals surface area contributed by atoms with Gasteiger partial charge in [0.05, 0.1) is 23.0 Å². The predicted octanol–water partition coefficient (Wildman–Crippen LogP) is 2.67. The van der Waals surface area contributed by atoms with Gasteiger partial charge in [-0.05, 0) is 24.6 Å². The van der Waals surface area contributed by atoms with Crippen molar-refractivity contribution in [3.8, 4) is 6.07 Å². The van der Waals surface area contributed by atoms with E-state index in [-0.39, 0.29) is 5.56 Å². The molecule has 1 N–H and O–H groups in total. The fourth-order valence-electron chi connectivity index (χ4n) is 1.78. The summed E-state index contributed by atoms with van der Waals surface area (Å²) in [5.74, 6) is 0. The molecule has 0 radical (unpaired) electrons. The van der Waals surface area contributed by atoms with E-state index in [0.717, 1.165) is 12.1 Å². The number of hydrogen-bond acceptors (Lipinski definition) is 4. The lowest BCUT2D eigenvalue weighted by molar-refractivity contribution is -0.137. The van der Waals surface area contributed by atoms with Crippen molar-refractivity contribution in [1.29, 1.82) is 5.26 Å². The Bertz CT molecular complexity index is 628. The highest BCUT2D eigenvalue weighted by atomic mass is 19.4. The molecule has 0 fully saturated rings. The van der Waals surface area contributed by atoms with E-state index in [4.69, 9.17) is 5.26 Å². The Balaban J connectivity index is 1.95. The minimum absolute atomic E-state index is 0.0226. The van der Waals surface area contributed by atoms with Crippen molar-refractivity contribution in [2.45, 2.75) is 19.1 Å². The zero-order valence-corrected chi connectivity index (χ0v) is 10.9. The molecule has 1 aromatic carbocycles. The first-order valence-corrected chi connectivity index (χ1v) is 6.20. The van der Waals surface area contributed by atoms with Crippen LogP contribution >= 0.6 is 0 Å². The lowest BCUT2D eigenvalue weighted by Crippen LogP contribution is -2.10. The minimum atomic E-state index is -4.45. The van der Waals surface area contributed by atoms with Crippen molar-refractivity contribution in [1.82, 2.24) is 15.0 Å². The quantitative estimate of drug-likeness (QED) is 0.861. The number of anilines is 1. The molecule has 110 valence electrons. The van der Waals surface area contributed by atoms with Gasteiger partial charge in [-0.25, -0.2) is 0 Å². The van der Waals surface area contributed by atoms with Gasteiger partial charge in [0, 0.05) is 19.3 Å². The van der Waals surface area contributed by atoms with Crippen LogP contribution in [-0.4, -0.2) is 21.5 Å². The summed E-state index contributed by atoms with van der Waals surface area (Å²) in [5, 5.41) is 19.3. The van der Waals surface area contributed by atoms with Crippen molar-refractivity contribution >= 4 is 5.69 Å². The van der Waals surface area contributed by atoms with Crippen LogP contribution in [0.5, 0.6) is 0 Å². The van der Waals surface area contributed by atoms with Crippen LogP contribution in [0.3, 0.4) is 0 Å². The lowest BCUT2D eigenvalue weighted by atomic mass is 10.1. The van der Waals surface area contributed by atoms with Crippen LogP contribution in [0.4, 0.5) is 18.9 Å². The number of nitrogens with one attached hydrogen (secondary N) is 1. The number of aryl methyl sites for hydroxylation is 1. The number of halogens is 3. The van der Waals surface area contributed by atoms with Crippen LogP contribution in [-0.2, 0) is 12.7 Å². The maximum absolute atomic E-state index is 12.6.